The summed E-state index contributed by atoms with van der Waals surface area (Å²) in [4.78, 5) is 26.1. The van der Waals surface area contributed by atoms with Gasteiger partial charge in [-0.15, -0.1) is 0 Å². The zero-order chi connectivity index (χ0) is 15.7. The number of hydrogen-bond donors (Lipinski definition) is 2. The number of carbonyl (C=O) groups excluding carboxylic acids is 2. The van der Waals surface area contributed by atoms with Crippen molar-refractivity contribution in [3.8, 4) is 0 Å². The van der Waals surface area contributed by atoms with Gasteiger partial charge in [0.25, 0.3) is 0 Å². The second-order valence-corrected chi connectivity index (χ2v) is 5.83. The Morgan fingerprint density at radius 2 is 2.10 bits per heavy atom. The number of likely N-dealkylation sites (tertiary alicyclic amines) is 1. The fraction of sp³-hybridized carbons (Fsp3) is 0.867. The van der Waals surface area contributed by atoms with Crippen LogP contribution in [0.2, 0.25) is 0 Å². The Labute approximate surface area is 128 Å². The van der Waals surface area contributed by atoms with Crippen LogP contribution >= 0.6 is 0 Å². The highest BCUT2D eigenvalue weighted by molar-refractivity contribution is 5.88. The monoisotopic (exact) mass is 298 g/mol. The van der Waals surface area contributed by atoms with Gasteiger partial charge in [-0.25, -0.2) is 0 Å². The van der Waals surface area contributed by atoms with Crippen LogP contribution in [-0.4, -0.2) is 54.4 Å². The first-order valence-corrected chi connectivity index (χ1v) is 8.09. The van der Waals surface area contributed by atoms with Crippen LogP contribution in [-0.2, 0) is 9.59 Å². The Bertz CT molecular complexity index is 334. The third-order valence-corrected chi connectivity index (χ3v) is 3.86. The minimum atomic E-state index is -0.269. The van der Waals surface area contributed by atoms with Crippen molar-refractivity contribution in [1.29, 1.82) is 0 Å². The number of amides is 2. The fourth-order valence-electron chi connectivity index (χ4n) is 2.67. The molecule has 0 aliphatic carbocycles. The molecule has 0 saturated carbocycles. The molecule has 0 radical (unpaired) electrons. The maximum atomic E-state index is 12.2. The van der Waals surface area contributed by atoms with Crippen molar-refractivity contribution in [1.82, 2.24) is 15.2 Å². The molecule has 1 rings (SSSR count). The van der Waals surface area contributed by atoms with E-state index in [4.69, 9.17) is 5.84 Å². The number of hydrazine groups is 1. The summed E-state index contributed by atoms with van der Waals surface area (Å²) in [5.74, 6) is 5.61. The first-order valence-electron chi connectivity index (χ1n) is 8.09. The molecule has 0 aromatic rings. The second-order valence-electron chi connectivity index (χ2n) is 5.83. The molecule has 0 spiro atoms. The van der Waals surface area contributed by atoms with Crippen LogP contribution < -0.4 is 11.2 Å². The predicted molar refractivity (Wildman–Crippen MR) is 83.3 cm³/mol. The van der Waals surface area contributed by atoms with Crippen LogP contribution in [0.1, 0.15) is 51.9 Å². The molecule has 0 aromatic heterocycles. The van der Waals surface area contributed by atoms with Crippen molar-refractivity contribution in [3.05, 3.63) is 0 Å². The highest BCUT2D eigenvalue weighted by Crippen LogP contribution is 2.19. The van der Waals surface area contributed by atoms with Crippen LogP contribution in [0.5, 0.6) is 0 Å². The van der Waals surface area contributed by atoms with Gasteiger partial charge >= 0.3 is 0 Å². The Balaban J connectivity index is 2.35. The molecule has 1 saturated heterocycles. The highest BCUT2D eigenvalue weighted by atomic mass is 16.2. The summed E-state index contributed by atoms with van der Waals surface area (Å²) in [7, 11) is 1.78. The molecule has 1 heterocycles. The number of nitrogens with one attached hydrogen (secondary N) is 1. The number of hydrogen-bond acceptors (Lipinski definition) is 4. The van der Waals surface area contributed by atoms with Gasteiger partial charge in [-0.05, 0) is 25.7 Å². The first kappa shape index (κ1) is 17.9. The van der Waals surface area contributed by atoms with Gasteiger partial charge in [-0.3, -0.25) is 20.4 Å². The summed E-state index contributed by atoms with van der Waals surface area (Å²) >= 11 is 0. The minimum absolute atomic E-state index is 0.00731. The Hall–Kier alpha value is -1.14. The van der Waals surface area contributed by atoms with E-state index in [1.807, 2.05) is 0 Å². The van der Waals surface area contributed by atoms with E-state index in [1.54, 1.807) is 17.0 Å². The van der Waals surface area contributed by atoms with Crippen molar-refractivity contribution in [2.24, 2.45) is 5.84 Å². The smallest absolute Gasteiger partial charge is 0.242 e. The van der Waals surface area contributed by atoms with Gasteiger partial charge < -0.3 is 10.2 Å². The van der Waals surface area contributed by atoms with E-state index in [0.717, 1.165) is 38.5 Å². The third-order valence-electron chi connectivity index (χ3n) is 3.86. The first-order chi connectivity index (χ1) is 10.1. The van der Waals surface area contributed by atoms with Gasteiger partial charge in [-0.1, -0.05) is 19.8 Å². The maximum absolute atomic E-state index is 12.2. The summed E-state index contributed by atoms with van der Waals surface area (Å²) < 4.78 is 0. The van der Waals surface area contributed by atoms with E-state index in [1.165, 1.54) is 0 Å². The molecule has 6 heteroatoms. The lowest BCUT2D eigenvalue weighted by Crippen LogP contribution is -2.46. The van der Waals surface area contributed by atoms with E-state index in [-0.39, 0.29) is 17.9 Å². The number of nitrogens with two attached hydrogens (primary N) is 1. The molecule has 1 aliphatic heterocycles. The Morgan fingerprint density at radius 1 is 1.33 bits per heavy atom. The number of carbonyl (C=O) groups is 2. The van der Waals surface area contributed by atoms with Crippen molar-refractivity contribution in [2.75, 3.05) is 26.7 Å². The van der Waals surface area contributed by atoms with Crippen LogP contribution in [0, 0.1) is 0 Å². The quantitative estimate of drug-likeness (QED) is 0.376. The van der Waals surface area contributed by atoms with Gasteiger partial charge in [-0.2, -0.15) is 0 Å². The molecular formula is C15H30N4O2. The minimum Gasteiger partial charge on any atom is -0.354 e. The van der Waals surface area contributed by atoms with E-state index < -0.39 is 0 Å². The lowest BCUT2D eigenvalue weighted by Gasteiger charge is -2.24. The summed E-state index contributed by atoms with van der Waals surface area (Å²) in [5, 5.41) is 4.54. The molecular weight excluding hydrogens is 268 g/mol. The predicted octanol–water partition coefficient (Wildman–Crippen LogP) is 0.870. The van der Waals surface area contributed by atoms with Crippen LogP contribution in [0.25, 0.3) is 0 Å². The van der Waals surface area contributed by atoms with Crippen LogP contribution in [0.15, 0.2) is 0 Å². The molecule has 0 aromatic carbocycles. The van der Waals surface area contributed by atoms with E-state index in [2.05, 4.69) is 12.2 Å². The van der Waals surface area contributed by atoms with Crippen molar-refractivity contribution in [3.63, 3.8) is 0 Å². The topological polar surface area (TPSA) is 78.7 Å². The van der Waals surface area contributed by atoms with Crippen molar-refractivity contribution < 1.29 is 9.59 Å². The average molecular weight is 298 g/mol. The zero-order valence-electron chi connectivity index (χ0n) is 13.4. The van der Waals surface area contributed by atoms with E-state index in [0.29, 0.717) is 26.1 Å². The number of unbranched alkanes of at least 4 members (excludes halogenated alkanes) is 2. The lowest BCUT2D eigenvalue weighted by molar-refractivity contribution is -0.138. The highest BCUT2D eigenvalue weighted by Gasteiger charge is 2.33. The molecule has 122 valence electrons. The summed E-state index contributed by atoms with van der Waals surface area (Å²) in [6.07, 6.45) is 6.15. The SMILES string of the molecule is CCCCCNC(=O)C1CCCN1C(=O)CCCN(C)N. The van der Waals surface area contributed by atoms with E-state index in [9.17, 15) is 9.59 Å². The van der Waals surface area contributed by atoms with Crippen LogP contribution in [0.3, 0.4) is 0 Å². The molecule has 6 nitrogen and oxygen atoms in total. The molecule has 2 amide bonds. The van der Waals surface area contributed by atoms with Crippen molar-refractivity contribution >= 4 is 11.8 Å². The normalized spacial score (nSPS) is 18.3. The molecule has 1 atom stereocenters. The summed E-state index contributed by atoms with van der Waals surface area (Å²) in [6.45, 7) is 4.24. The fourth-order valence-corrected chi connectivity index (χ4v) is 2.67. The lowest BCUT2D eigenvalue weighted by atomic mass is 10.2. The van der Waals surface area contributed by atoms with Gasteiger partial charge in [0.05, 0.1) is 0 Å². The van der Waals surface area contributed by atoms with Crippen molar-refractivity contribution in [2.45, 2.75) is 57.9 Å². The average Bonchev–Trinajstić information content (AvgIpc) is 2.92. The third kappa shape index (κ3) is 6.44. The molecule has 1 aliphatic rings. The second kappa shape index (κ2) is 9.73. The molecule has 0 bridgehead atoms. The van der Waals surface area contributed by atoms with Gasteiger partial charge in [0.1, 0.15) is 6.04 Å². The molecule has 1 unspecified atom stereocenters. The summed E-state index contributed by atoms with van der Waals surface area (Å²) in [5.41, 5.74) is 0. The van der Waals surface area contributed by atoms with Gasteiger partial charge in [0.15, 0.2) is 0 Å². The standard InChI is InChI=1S/C15H30N4O2/c1-3-4-5-10-17-15(21)13-8-6-12-19(13)14(20)9-7-11-18(2)16/h13H,3-12,16H2,1-2H3,(H,17,21). The maximum Gasteiger partial charge on any atom is 0.242 e. The summed E-state index contributed by atoms with van der Waals surface area (Å²) in [6, 6.07) is -0.269. The number of rotatable bonds is 9. The molecule has 3 N–H and O–H groups in total. The Morgan fingerprint density at radius 3 is 2.76 bits per heavy atom. The van der Waals surface area contributed by atoms with Gasteiger partial charge in [0.2, 0.25) is 11.8 Å². The van der Waals surface area contributed by atoms with Crippen LogP contribution in [0.4, 0.5) is 0 Å². The molecule has 21 heavy (non-hydrogen) atoms. The van der Waals surface area contributed by atoms with E-state index >= 15 is 0 Å². The molecule has 1 fully saturated rings. The Kier molecular flexibility index (Phi) is 8.30. The number of nitrogens with zero attached hydrogens (tertiary/aromatic N) is 2. The zero-order valence-corrected chi connectivity index (χ0v) is 13.4. The largest absolute Gasteiger partial charge is 0.354 e. The van der Waals surface area contributed by atoms with Gasteiger partial charge in [0, 0.05) is 33.1 Å².